The van der Waals surface area contributed by atoms with Crippen LogP contribution in [0.15, 0.2) is 0 Å². The van der Waals surface area contributed by atoms with E-state index in [-0.39, 0.29) is 25.5 Å². The molecule has 1 rings (SSSR count). The number of rotatable bonds is 0. The van der Waals surface area contributed by atoms with Crippen LogP contribution in [-0.4, -0.2) is 37.1 Å². The van der Waals surface area contributed by atoms with Gasteiger partial charge in [-0.15, -0.1) is 0 Å². The van der Waals surface area contributed by atoms with Crippen LogP contribution >= 0.6 is 0 Å². The van der Waals surface area contributed by atoms with Gasteiger partial charge < -0.3 is 16.0 Å². The molecule has 1 fully saturated rings. The van der Waals surface area contributed by atoms with E-state index in [1.54, 1.807) is 4.90 Å². The van der Waals surface area contributed by atoms with E-state index in [9.17, 15) is 4.79 Å². The number of primary amides is 1. The Bertz CT molecular complexity index is 113. The molecule has 1 aliphatic heterocycles. The Morgan fingerprint density at radius 3 is 2.20 bits per heavy atom. The number of piperazine rings is 1. The molecule has 0 atom stereocenters. The normalized spacial score (nSPS) is 17.8. The zero-order valence-corrected chi connectivity index (χ0v) is 8.94. The van der Waals surface area contributed by atoms with Gasteiger partial charge in [0, 0.05) is 45.7 Å². The van der Waals surface area contributed by atoms with Crippen molar-refractivity contribution in [3.8, 4) is 0 Å². The van der Waals surface area contributed by atoms with Crippen molar-refractivity contribution in [3.63, 3.8) is 0 Å². The third-order valence-electron chi connectivity index (χ3n) is 1.43. The molecule has 0 aromatic heterocycles. The van der Waals surface area contributed by atoms with E-state index in [2.05, 4.69) is 5.32 Å². The van der Waals surface area contributed by atoms with Crippen LogP contribution in [0.2, 0.25) is 0 Å². The van der Waals surface area contributed by atoms with Crippen LogP contribution in [0.25, 0.3) is 0 Å². The summed E-state index contributed by atoms with van der Waals surface area (Å²) in [7, 11) is 0. The van der Waals surface area contributed by atoms with Crippen molar-refractivity contribution in [2.45, 2.75) is 0 Å². The minimum absolute atomic E-state index is 0. The van der Waals surface area contributed by atoms with Gasteiger partial charge in [0.05, 0.1) is 0 Å². The molecule has 0 aliphatic carbocycles. The van der Waals surface area contributed by atoms with Crippen molar-refractivity contribution >= 4 is 6.03 Å². The quantitative estimate of drug-likeness (QED) is 0.485. The molecule has 0 aromatic rings. The summed E-state index contributed by atoms with van der Waals surface area (Å²) in [5, 5.41) is 3.12. The second-order valence-electron chi connectivity index (χ2n) is 2.08. The summed E-state index contributed by atoms with van der Waals surface area (Å²) in [6, 6.07) is -0.309. The number of urea groups is 1. The second-order valence-corrected chi connectivity index (χ2v) is 2.08. The van der Waals surface area contributed by atoms with E-state index in [0.717, 1.165) is 26.2 Å². The van der Waals surface area contributed by atoms with Crippen molar-refractivity contribution in [1.29, 1.82) is 0 Å². The Morgan fingerprint density at radius 1 is 1.40 bits per heavy atom. The number of hydrogen-bond acceptors (Lipinski definition) is 2. The summed E-state index contributed by atoms with van der Waals surface area (Å²) in [4.78, 5) is 12.1. The number of nitrogens with two attached hydrogens (primary N) is 1. The molecule has 0 radical (unpaired) electrons. The fourth-order valence-corrected chi connectivity index (χ4v) is 0.885. The van der Waals surface area contributed by atoms with Crippen molar-refractivity contribution in [3.05, 3.63) is 0 Å². The second kappa shape index (κ2) is 4.64. The molecule has 54 valence electrons. The summed E-state index contributed by atoms with van der Waals surface area (Å²) in [6.07, 6.45) is 0. The molecular weight excluding hydrogens is 183 g/mol. The van der Waals surface area contributed by atoms with Crippen LogP contribution < -0.4 is 11.1 Å². The zero-order valence-electron chi connectivity index (χ0n) is 5.97. The summed E-state index contributed by atoms with van der Waals surface area (Å²) < 4.78 is 0. The molecule has 0 bridgehead atoms. The number of nitrogens with zero attached hydrogens (tertiary/aromatic N) is 1. The smallest absolute Gasteiger partial charge is 0.314 e. The topological polar surface area (TPSA) is 58.4 Å². The molecule has 0 unspecified atom stereocenters. The van der Waals surface area contributed by atoms with Crippen LogP contribution in [0.5, 0.6) is 0 Å². The Labute approximate surface area is 72.9 Å². The molecule has 0 saturated carbocycles. The SMILES string of the molecule is NC(=O)N1CCNCC1.[Zn]. The molecular formula is C5H11N3OZn. The van der Waals surface area contributed by atoms with E-state index in [1.165, 1.54) is 0 Å². The van der Waals surface area contributed by atoms with Crippen LogP contribution in [0, 0.1) is 0 Å². The molecule has 1 aliphatic rings. The Kier molecular flexibility index (Phi) is 4.57. The van der Waals surface area contributed by atoms with Crippen molar-refractivity contribution in [1.82, 2.24) is 10.2 Å². The van der Waals surface area contributed by atoms with Crippen LogP contribution in [-0.2, 0) is 19.5 Å². The minimum atomic E-state index is -0.309. The molecule has 0 spiro atoms. The fourth-order valence-electron chi connectivity index (χ4n) is 0.885. The van der Waals surface area contributed by atoms with Crippen molar-refractivity contribution in [2.75, 3.05) is 26.2 Å². The molecule has 5 heteroatoms. The van der Waals surface area contributed by atoms with Gasteiger partial charge in [-0.2, -0.15) is 0 Å². The maximum absolute atomic E-state index is 10.5. The summed E-state index contributed by atoms with van der Waals surface area (Å²) in [6.45, 7) is 3.22. The van der Waals surface area contributed by atoms with E-state index >= 15 is 0 Å². The van der Waals surface area contributed by atoms with Crippen LogP contribution in [0.4, 0.5) is 4.79 Å². The minimum Gasteiger partial charge on any atom is -0.351 e. The van der Waals surface area contributed by atoms with Crippen molar-refractivity contribution < 1.29 is 24.3 Å². The molecule has 2 amide bonds. The number of amides is 2. The predicted molar refractivity (Wildman–Crippen MR) is 34.0 cm³/mol. The van der Waals surface area contributed by atoms with Gasteiger partial charge in [-0.1, -0.05) is 0 Å². The predicted octanol–water partition coefficient (Wildman–Crippen LogP) is -1.03. The van der Waals surface area contributed by atoms with Crippen LogP contribution in [0.3, 0.4) is 0 Å². The standard InChI is InChI=1S/C5H11N3O.Zn/c6-5(9)8-3-1-7-2-4-8;/h7H,1-4H2,(H2,6,9);. The van der Waals surface area contributed by atoms with Gasteiger partial charge in [-0.05, 0) is 0 Å². The van der Waals surface area contributed by atoms with E-state index < -0.39 is 0 Å². The maximum atomic E-state index is 10.5. The number of nitrogens with one attached hydrogen (secondary N) is 1. The van der Waals surface area contributed by atoms with Crippen molar-refractivity contribution in [2.24, 2.45) is 5.73 Å². The summed E-state index contributed by atoms with van der Waals surface area (Å²) >= 11 is 0. The first-order chi connectivity index (χ1) is 4.30. The number of carbonyl (C=O) groups excluding carboxylic acids is 1. The van der Waals surface area contributed by atoms with Gasteiger partial charge in [0.25, 0.3) is 0 Å². The first-order valence-corrected chi connectivity index (χ1v) is 3.06. The zero-order chi connectivity index (χ0) is 6.69. The molecule has 1 saturated heterocycles. The molecule has 1 heterocycles. The van der Waals surface area contributed by atoms with E-state index in [1.807, 2.05) is 0 Å². The first-order valence-electron chi connectivity index (χ1n) is 3.06. The van der Waals surface area contributed by atoms with Gasteiger partial charge in [0.2, 0.25) is 0 Å². The van der Waals surface area contributed by atoms with Gasteiger partial charge in [-0.3, -0.25) is 0 Å². The first kappa shape index (κ1) is 9.85. The average molecular weight is 195 g/mol. The third-order valence-corrected chi connectivity index (χ3v) is 1.43. The number of carbonyl (C=O) groups is 1. The maximum Gasteiger partial charge on any atom is 0.314 e. The number of hydrogen-bond donors (Lipinski definition) is 2. The summed E-state index contributed by atoms with van der Waals surface area (Å²) in [5.41, 5.74) is 5.03. The van der Waals surface area contributed by atoms with E-state index in [0.29, 0.717) is 0 Å². The van der Waals surface area contributed by atoms with Gasteiger partial charge >= 0.3 is 6.03 Å². The van der Waals surface area contributed by atoms with Gasteiger partial charge in [-0.25, -0.2) is 4.79 Å². The Morgan fingerprint density at radius 2 is 1.90 bits per heavy atom. The third kappa shape index (κ3) is 2.63. The fraction of sp³-hybridized carbons (Fsp3) is 0.800. The molecule has 10 heavy (non-hydrogen) atoms. The molecule has 3 N–H and O–H groups in total. The molecule has 0 aromatic carbocycles. The average Bonchev–Trinajstić information content (AvgIpc) is 1.90. The summed E-state index contributed by atoms with van der Waals surface area (Å²) in [5.74, 6) is 0. The van der Waals surface area contributed by atoms with Crippen LogP contribution in [0.1, 0.15) is 0 Å². The largest absolute Gasteiger partial charge is 0.351 e. The monoisotopic (exact) mass is 193 g/mol. The van der Waals surface area contributed by atoms with Gasteiger partial charge in [0.1, 0.15) is 0 Å². The Balaban J connectivity index is 0.000000810. The van der Waals surface area contributed by atoms with E-state index in [4.69, 9.17) is 5.73 Å². The van der Waals surface area contributed by atoms with Gasteiger partial charge in [0.15, 0.2) is 0 Å². The Hall–Kier alpha value is -0.147. The molecule has 4 nitrogen and oxygen atoms in total.